The highest BCUT2D eigenvalue weighted by molar-refractivity contribution is 7.22. The third-order valence-corrected chi connectivity index (χ3v) is 5.24. The molecular formula is C20H14ClF3N4OS. The van der Waals surface area contributed by atoms with Crippen molar-refractivity contribution in [1.29, 1.82) is 0 Å². The lowest BCUT2D eigenvalue weighted by Gasteiger charge is -2.17. The number of aromatic nitrogens is 3. The Bertz CT molecular complexity index is 1200. The van der Waals surface area contributed by atoms with Gasteiger partial charge in [0.2, 0.25) is 5.28 Å². The Kier molecular flexibility index (Phi) is 5.48. The van der Waals surface area contributed by atoms with Crippen LogP contribution in [0, 0.1) is 5.82 Å². The van der Waals surface area contributed by atoms with Gasteiger partial charge in [-0.25, -0.2) is 19.3 Å². The summed E-state index contributed by atoms with van der Waals surface area (Å²) in [5, 5.41) is 2.99. The molecule has 0 atom stereocenters. The highest BCUT2D eigenvalue weighted by Crippen LogP contribution is 2.37. The first kappa shape index (κ1) is 20.4. The maximum Gasteiger partial charge on any atom is 0.315 e. The molecule has 0 amide bonds. The molecule has 2 aromatic carbocycles. The Morgan fingerprint density at radius 2 is 1.83 bits per heavy atom. The van der Waals surface area contributed by atoms with Gasteiger partial charge in [0, 0.05) is 11.6 Å². The minimum Gasteiger partial charge on any atom is -0.494 e. The van der Waals surface area contributed by atoms with Gasteiger partial charge < -0.3 is 10.1 Å². The van der Waals surface area contributed by atoms with Crippen LogP contribution in [0.25, 0.3) is 10.2 Å². The normalized spacial score (nSPS) is 11.6. The SMILES string of the molecule is CCOc1ccc2nc(Nc3cc(C(F)(F)c4ccc(F)cc4)nc(Cl)n3)sc2c1. The Hall–Kier alpha value is -2.91. The number of hydrogen-bond donors (Lipinski definition) is 1. The van der Waals surface area contributed by atoms with Gasteiger partial charge in [-0.1, -0.05) is 11.3 Å². The summed E-state index contributed by atoms with van der Waals surface area (Å²) in [5.41, 5.74) is -0.299. The van der Waals surface area contributed by atoms with Gasteiger partial charge in [-0.2, -0.15) is 8.78 Å². The summed E-state index contributed by atoms with van der Waals surface area (Å²) < 4.78 is 49.2. The summed E-state index contributed by atoms with van der Waals surface area (Å²) in [6, 6.07) is 10.5. The van der Waals surface area contributed by atoms with Crippen molar-refractivity contribution >= 4 is 44.1 Å². The van der Waals surface area contributed by atoms with E-state index in [9.17, 15) is 13.2 Å². The van der Waals surface area contributed by atoms with E-state index in [2.05, 4.69) is 20.3 Å². The van der Waals surface area contributed by atoms with Crippen molar-refractivity contribution in [3.05, 3.63) is 70.9 Å². The molecule has 1 N–H and O–H groups in total. The smallest absolute Gasteiger partial charge is 0.315 e. The lowest BCUT2D eigenvalue weighted by molar-refractivity contribution is 0.0379. The zero-order valence-corrected chi connectivity index (χ0v) is 17.1. The second kappa shape index (κ2) is 8.08. The number of alkyl halides is 2. The Balaban J connectivity index is 1.65. The molecule has 0 spiro atoms. The molecule has 154 valence electrons. The summed E-state index contributed by atoms with van der Waals surface area (Å²) >= 11 is 7.19. The number of hydrogen-bond acceptors (Lipinski definition) is 6. The van der Waals surface area contributed by atoms with Gasteiger partial charge in [0.15, 0.2) is 5.13 Å². The molecule has 5 nitrogen and oxygen atoms in total. The maximum absolute atomic E-state index is 14.9. The lowest BCUT2D eigenvalue weighted by atomic mass is 10.1. The molecule has 2 heterocycles. The van der Waals surface area contributed by atoms with Crippen LogP contribution in [0.1, 0.15) is 18.2 Å². The van der Waals surface area contributed by atoms with Crippen LogP contribution in [0.2, 0.25) is 5.28 Å². The molecule has 0 saturated carbocycles. The van der Waals surface area contributed by atoms with E-state index >= 15 is 0 Å². The molecule has 0 aliphatic carbocycles. The average molecular weight is 451 g/mol. The van der Waals surface area contributed by atoms with Gasteiger partial charge in [-0.15, -0.1) is 0 Å². The van der Waals surface area contributed by atoms with Crippen molar-refractivity contribution in [3.8, 4) is 5.75 Å². The lowest BCUT2D eigenvalue weighted by Crippen LogP contribution is -2.18. The number of benzene rings is 2. The number of ether oxygens (including phenoxy) is 1. The van der Waals surface area contributed by atoms with Gasteiger partial charge in [-0.05, 0) is 61.0 Å². The number of nitrogens with zero attached hydrogens (tertiary/aromatic N) is 3. The van der Waals surface area contributed by atoms with E-state index in [0.29, 0.717) is 17.5 Å². The van der Waals surface area contributed by atoms with Crippen molar-refractivity contribution in [2.75, 3.05) is 11.9 Å². The first-order valence-electron chi connectivity index (χ1n) is 8.84. The summed E-state index contributed by atoms with van der Waals surface area (Å²) in [5.74, 6) is -3.32. The van der Waals surface area contributed by atoms with Crippen molar-refractivity contribution in [2.45, 2.75) is 12.8 Å². The van der Waals surface area contributed by atoms with Crippen LogP contribution >= 0.6 is 22.9 Å². The van der Waals surface area contributed by atoms with E-state index in [1.165, 1.54) is 11.3 Å². The number of anilines is 2. The molecule has 10 heteroatoms. The molecule has 0 bridgehead atoms. The molecule has 0 fully saturated rings. The maximum atomic E-state index is 14.9. The summed E-state index contributed by atoms with van der Waals surface area (Å²) in [6.45, 7) is 2.43. The van der Waals surface area contributed by atoms with Crippen LogP contribution in [0.4, 0.5) is 24.1 Å². The Labute approximate surface area is 178 Å². The summed E-state index contributed by atoms with van der Waals surface area (Å²) in [4.78, 5) is 12.0. The molecule has 0 aliphatic heterocycles. The third kappa shape index (κ3) is 4.17. The molecule has 30 heavy (non-hydrogen) atoms. The molecule has 2 aromatic heterocycles. The molecule has 0 unspecified atom stereocenters. The van der Waals surface area contributed by atoms with Crippen molar-refractivity contribution in [3.63, 3.8) is 0 Å². The average Bonchev–Trinajstić information content (AvgIpc) is 3.09. The number of rotatable bonds is 6. The van der Waals surface area contributed by atoms with Crippen LogP contribution in [-0.2, 0) is 5.92 Å². The van der Waals surface area contributed by atoms with E-state index in [1.54, 1.807) is 6.07 Å². The fourth-order valence-electron chi connectivity index (χ4n) is 2.77. The highest BCUT2D eigenvalue weighted by atomic mass is 35.5. The van der Waals surface area contributed by atoms with Crippen LogP contribution < -0.4 is 10.1 Å². The zero-order valence-electron chi connectivity index (χ0n) is 15.5. The fourth-order valence-corrected chi connectivity index (χ4v) is 3.86. The second-order valence-electron chi connectivity index (χ2n) is 6.20. The van der Waals surface area contributed by atoms with E-state index in [4.69, 9.17) is 16.3 Å². The topological polar surface area (TPSA) is 59.9 Å². The quantitative estimate of drug-likeness (QED) is 0.356. The number of halogens is 4. The van der Waals surface area contributed by atoms with Crippen molar-refractivity contribution in [1.82, 2.24) is 15.0 Å². The van der Waals surface area contributed by atoms with Crippen LogP contribution in [0.15, 0.2) is 48.5 Å². The van der Waals surface area contributed by atoms with Gasteiger partial charge in [0.05, 0.1) is 16.8 Å². The third-order valence-electron chi connectivity index (χ3n) is 4.13. The highest BCUT2D eigenvalue weighted by Gasteiger charge is 2.36. The number of fused-ring (bicyclic) bond motifs is 1. The van der Waals surface area contributed by atoms with Crippen LogP contribution in [0.5, 0.6) is 5.75 Å². The second-order valence-corrected chi connectivity index (χ2v) is 7.56. The molecule has 4 aromatic rings. The molecule has 0 saturated heterocycles. The van der Waals surface area contributed by atoms with Crippen LogP contribution in [0.3, 0.4) is 0 Å². The van der Waals surface area contributed by atoms with Crippen molar-refractivity contribution in [2.24, 2.45) is 0 Å². The molecule has 0 aliphatic rings. The summed E-state index contributed by atoms with van der Waals surface area (Å²) in [7, 11) is 0. The standard InChI is InChI=1S/C20H14ClF3N4OS/c1-2-29-13-7-8-14-15(9-13)30-19(25-14)28-17-10-16(26-18(21)27-17)20(23,24)11-3-5-12(22)6-4-11/h3-10H,2H2,1H3,(H,25,26,27,28). The van der Waals surface area contributed by atoms with E-state index in [1.807, 2.05) is 19.1 Å². The van der Waals surface area contributed by atoms with Gasteiger partial charge >= 0.3 is 5.92 Å². The van der Waals surface area contributed by atoms with Crippen LogP contribution in [-0.4, -0.2) is 21.6 Å². The van der Waals surface area contributed by atoms with Gasteiger partial charge in [0.1, 0.15) is 23.1 Å². The van der Waals surface area contributed by atoms with Gasteiger partial charge in [0.25, 0.3) is 0 Å². The number of thiazole rings is 1. The Morgan fingerprint density at radius 1 is 1.07 bits per heavy atom. The Morgan fingerprint density at radius 3 is 2.57 bits per heavy atom. The molecular weight excluding hydrogens is 437 g/mol. The van der Waals surface area contributed by atoms with E-state index in [0.717, 1.165) is 40.5 Å². The van der Waals surface area contributed by atoms with E-state index in [-0.39, 0.29) is 11.1 Å². The minimum absolute atomic E-state index is 0.0656. The minimum atomic E-state index is -3.49. The summed E-state index contributed by atoms with van der Waals surface area (Å²) in [6.07, 6.45) is 0. The molecule has 0 radical (unpaired) electrons. The first-order valence-corrected chi connectivity index (χ1v) is 10.0. The van der Waals surface area contributed by atoms with Gasteiger partial charge in [-0.3, -0.25) is 0 Å². The first-order chi connectivity index (χ1) is 14.3. The zero-order chi connectivity index (χ0) is 21.3. The monoisotopic (exact) mass is 450 g/mol. The predicted octanol–water partition coefficient (Wildman–Crippen LogP) is 6.16. The largest absolute Gasteiger partial charge is 0.494 e. The van der Waals surface area contributed by atoms with E-state index < -0.39 is 23.0 Å². The molecule has 4 rings (SSSR count). The predicted molar refractivity (Wildman–Crippen MR) is 111 cm³/mol. The number of nitrogens with one attached hydrogen (secondary N) is 1. The fraction of sp³-hybridized carbons (Fsp3) is 0.150. The van der Waals surface area contributed by atoms with Crippen molar-refractivity contribution < 1.29 is 17.9 Å².